The number of pyridine rings is 1. The van der Waals surface area contributed by atoms with Gasteiger partial charge in [-0.1, -0.05) is 0 Å². The highest BCUT2D eigenvalue weighted by Gasteiger charge is 2.11. The monoisotopic (exact) mass is 275 g/mol. The van der Waals surface area contributed by atoms with Gasteiger partial charge in [0.2, 0.25) is 0 Å². The van der Waals surface area contributed by atoms with Crippen LogP contribution in [0.1, 0.15) is 16.8 Å². The highest BCUT2D eigenvalue weighted by Crippen LogP contribution is 2.15. The van der Waals surface area contributed by atoms with Gasteiger partial charge >= 0.3 is 0 Å². The van der Waals surface area contributed by atoms with Gasteiger partial charge in [-0.05, 0) is 44.3 Å². The van der Waals surface area contributed by atoms with Crippen LogP contribution in [0.2, 0.25) is 0 Å². The molecule has 0 atom stereocenters. The quantitative estimate of drug-likeness (QED) is 0.686. The van der Waals surface area contributed by atoms with E-state index in [1.165, 1.54) is 12.3 Å². The molecule has 0 bridgehead atoms. The van der Waals surface area contributed by atoms with Crippen LogP contribution >= 0.6 is 0 Å². The Morgan fingerprint density at radius 2 is 2.15 bits per heavy atom. The molecule has 6 heteroatoms. The zero-order valence-corrected chi connectivity index (χ0v) is 11.2. The van der Waals surface area contributed by atoms with Gasteiger partial charge < -0.3 is 20.0 Å². The van der Waals surface area contributed by atoms with E-state index < -0.39 is 5.56 Å². The molecule has 0 aliphatic rings. The first-order valence-corrected chi connectivity index (χ1v) is 6.42. The lowest BCUT2D eigenvalue weighted by Gasteiger charge is -2.05. The van der Waals surface area contributed by atoms with Gasteiger partial charge in [0.05, 0.1) is 12.0 Å². The second-order valence-corrected chi connectivity index (χ2v) is 4.31. The molecular formula is C14H17N3O3. The number of aromatic amines is 1. The Bertz CT molecular complexity index is 617. The molecule has 0 fully saturated rings. The van der Waals surface area contributed by atoms with Gasteiger partial charge in [0.1, 0.15) is 11.3 Å². The van der Waals surface area contributed by atoms with Crippen LogP contribution in [0.3, 0.4) is 0 Å². The van der Waals surface area contributed by atoms with Crippen molar-refractivity contribution in [3.63, 3.8) is 0 Å². The van der Waals surface area contributed by atoms with E-state index in [-0.39, 0.29) is 11.5 Å². The van der Waals surface area contributed by atoms with Crippen LogP contribution in [0.5, 0.6) is 0 Å². The summed E-state index contributed by atoms with van der Waals surface area (Å²) in [4.78, 5) is 26.4. The Labute approximate surface area is 116 Å². The van der Waals surface area contributed by atoms with E-state index in [1.807, 2.05) is 7.05 Å². The van der Waals surface area contributed by atoms with Crippen molar-refractivity contribution in [1.82, 2.24) is 15.6 Å². The maximum Gasteiger partial charge on any atom is 0.261 e. The number of aromatic nitrogens is 1. The minimum atomic E-state index is -0.426. The number of carbonyl (C=O) groups is 1. The molecule has 0 saturated heterocycles. The van der Waals surface area contributed by atoms with E-state index in [9.17, 15) is 9.59 Å². The number of amides is 1. The summed E-state index contributed by atoms with van der Waals surface area (Å²) in [7, 11) is 1.85. The molecular weight excluding hydrogens is 258 g/mol. The van der Waals surface area contributed by atoms with Gasteiger partial charge in [-0.25, -0.2) is 0 Å². The molecule has 2 aromatic rings. The van der Waals surface area contributed by atoms with E-state index in [1.54, 1.807) is 18.2 Å². The van der Waals surface area contributed by atoms with Crippen molar-refractivity contribution < 1.29 is 9.21 Å². The Kier molecular flexibility index (Phi) is 4.73. The summed E-state index contributed by atoms with van der Waals surface area (Å²) in [5.74, 6) is 0.191. The third-order valence-electron chi connectivity index (χ3n) is 2.83. The highest BCUT2D eigenvalue weighted by atomic mass is 16.3. The lowest BCUT2D eigenvalue weighted by Crippen LogP contribution is -2.31. The lowest BCUT2D eigenvalue weighted by molar-refractivity contribution is 0.0952. The SMILES string of the molecule is CNCCCNC(=O)c1ccc(-c2ccco2)[nH]c1=O. The van der Waals surface area contributed by atoms with Crippen molar-refractivity contribution in [1.29, 1.82) is 0 Å². The first-order chi connectivity index (χ1) is 9.72. The van der Waals surface area contributed by atoms with Gasteiger partial charge in [-0.3, -0.25) is 9.59 Å². The van der Waals surface area contributed by atoms with Gasteiger partial charge in [-0.15, -0.1) is 0 Å². The molecule has 3 N–H and O–H groups in total. The molecule has 0 radical (unpaired) electrons. The van der Waals surface area contributed by atoms with Crippen LogP contribution in [-0.2, 0) is 0 Å². The third kappa shape index (κ3) is 3.36. The summed E-state index contributed by atoms with van der Waals surface area (Å²) < 4.78 is 5.19. The molecule has 0 spiro atoms. The van der Waals surface area contributed by atoms with Gasteiger partial charge in [0.15, 0.2) is 0 Å². The number of carbonyl (C=O) groups excluding carboxylic acids is 1. The van der Waals surface area contributed by atoms with Crippen molar-refractivity contribution in [3.8, 4) is 11.5 Å². The molecule has 0 aliphatic heterocycles. The van der Waals surface area contributed by atoms with Crippen LogP contribution in [-0.4, -0.2) is 31.0 Å². The van der Waals surface area contributed by atoms with E-state index in [4.69, 9.17) is 4.42 Å². The number of nitrogens with one attached hydrogen (secondary N) is 3. The van der Waals surface area contributed by atoms with Crippen molar-refractivity contribution in [2.24, 2.45) is 0 Å². The fourth-order valence-electron chi connectivity index (χ4n) is 1.79. The van der Waals surface area contributed by atoms with E-state index in [2.05, 4.69) is 15.6 Å². The fraction of sp³-hybridized carbons (Fsp3) is 0.286. The highest BCUT2D eigenvalue weighted by molar-refractivity contribution is 5.93. The van der Waals surface area contributed by atoms with Crippen molar-refractivity contribution in [3.05, 3.63) is 46.4 Å². The molecule has 2 aromatic heterocycles. The first-order valence-electron chi connectivity index (χ1n) is 6.42. The molecule has 106 valence electrons. The summed E-state index contributed by atoms with van der Waals surface area (Å²) >= 11 is 0. The molecule has 6 nitrogen and oxygen atoms in total. The molecule has 0 saturated carbocycles. The Morgan fingerprint density at radius 1 is 1.30 bits per heavy atom. The number of H-pyrrole nitrogens is 1. The Hall–Kier alpha value is -2.34. The predicted molar refractivity (Wildman–Crippen MR) is 75.6 cm³/mol. The summed E-state index contributed by atoms with van der Waals surface area (Å²) in [6.07, 6.45) is 2.33. The van der Waals surface area contributed by atoms with Crippen LogP contribution in [0.4, 0.5) is 0 Å². The molecule has 1 amide bonds. The smallest absolute Gasteiger partial charge is 0.261 e. The Balaban J connectivity index is 2.06. The number of rotatable bonds is 6. The molecule has 20 heavy (non-hydrogen) atoms. The molecule has 2 heterocycles. The standard InChI is InChI=1S/C14H17N3O3/c1-15-7-3-8-16-13(18)10-5-6-11(17-14(10)19)12-4-2-9-20-12/h2,4-6,9,15H,3,7-8H2,1H3,(H,16,18)(H,17,19). The molecule has 0 aromatic carbocycles. The molecule has 0 aliphatic carbocycles. The topological polar surface area (TPSA) is 87.1 Å². The summed E-state index contributed by atoms with van der Waals surface area (Å²) in [6.45, 7) is 1.34. The summed E-state index contributed by atoms with van der Waals surface area (Å²) in [5, 5.41) is 5.69. The summed E-state index contributed by atoms with van der Waals surface area (Å²) in [6, 6.07) is 6.63. The predicted octanol–water partition coefficient (Wildman–Crippen LogP) is 0.974. The van der Waals surface area contributed by atoms with Crippen LogP contribution in [0, 0.1) is 0 Å². The molecule has 0 unspecified atom stereocenters. The van der Waals surface area contributed by atoms with Gasteiger partial charge in [0, 0.05) is 6.54 Å². The maximum atomic E-state index is 11.9. The first kappa shape index (κ1) is 14.1. The van der Waals surface area contributed by atoms with Crippen molar-refractivity contribution >= 4 is 5.91 Å². The van der Waals surface area contributed by atoms with Gasteiger partial charge in [-0.2, -0.15) is 0 Å². The van der Waals surface area contributed by atoms with E-state index in [0.717, 1.165) is 13.0 Å². The summed E-state index contributed by atoms with van der Waals surface area (Å²) in [5.41, 5.74) is 0.224. The Morgan fingerprint density at radius 3 is 2.80 bits per heavy atom. The maximum absolute atomic E-state index is 11.9. The van der Waals surface area contributed by atoms with Crippen LogP contribution in [0.25, 0.3) is 11.5 Å². The van der Waals surface area contributed by atoms with Crippen molar-refractivity contribution in [2.45, 2.75) is 6.42 Å². The fourth-order valence-corrected chi connectivity index (χ4v) is 1.79. The molecule has 2 rings (SSSR count). The van der Waals surface area contributed by atoms with Crippen LogP contribution < -0.4 is 16.2 Å². The lowest BCUT2D eigenvalue weighted by atomic mass is 10.2. The zero-order chi connectivity index (χ0) is 14.4. The average molecular weight is 275 g/mol. The average Bonchev–Trinajstić information content (AvgIpc) is 2.97. The van der Waals surface area contributed by atoms with Crippen LogP contribution in [0.15, 0.2) is 39.7 Å². The zero-order valence-electron chi connectivity index (χ0n) is 11.2. The third-order valence-corrected chi connectivity index (χ3v) is 2.83. The number of hydrogen-bond acceptors (Lipinski definition) is 4. The van der Waals surface area contributed by atoms with Gasteiger partial charge in [0.25, 0.3) is 11.5 Å². The number of hydrogen-bond donors (Lipinski definition) is 3. The normalized spacial score (nSPS) is 10.4. The number of furan rings is 1. The minimum Gasteiger partial charge on any atom is -0.463 e. The second kappa shape index (κ2) is 6.72. The van der Waals surface area contributed by atoms with E-state index in [0.29, 0.717) is 18.0 Å². The minimum absolute atomic E-state index is 0.102. The van der Waals surface area contributed by atoms with E-state index >= 15 is 0 Å². The second-order valence-electron chi connectivity index (χ2n) is 4.31. The largest absolute Gasteiger partial charge is 0.463 e. The van der Waals surface area contributed by atoms with Crippen molar-refractivity contribution in [2.75, 3.05) is 20.1 Å².